The Bertz CT molecular complexity index is 488. The van der Waals surface area contributed by atoms with Gasteiger partial charge in [-0.25, -0.2) is 0 Å². The molecule has 0 saturated carbocycles. The molecular formula is C15H22N2O3. The third kappa shape index (κ3) is 3.04. The summed E-state index contributed by atoms with van der Waals surface area (Å²) in [6, 6.07) is 5.73. The molecule has 0 aromatic heterocycles. The number of rotatable bonds is 5. The summed E-state index contributed by atoms with van der Waals surface area (Å²) in [4.78, 5) is 13.7. The fraction of sp³-hybridized carbons (Fsp3) is 0.533. The minimum Gasteiger partial charge on any atom is -0.493 e. The standard InChI is InChI=1S/C15H22N2O3/c1-10(16)9-11-5-4-6-12(19-3)14(11)20-13-7-8-17(2)15(13)18/h4-6,10,13H,7-9,16H2,1-3H3. The van der Waals surface area contributed by atoms with Crippen LogP contribution in [0.5, 0.6) is 11.5 Å². The lowest BCUT2D eigenvalue weighted by atomic mass is 10.1. The van der Waals surface area contributed by atoms with Crippen LogP contribution < -0.4 is 15.2 Å². The number of para-hydroxylation sites is 1. The van der Waals surface area contributed by atoms with Gasteiger partial charge in [-0.15, -0.1) is 0 Å². The minimum atomic E-state index is -0.428. The van der Waals surface area contributed by atoms with E-state index in [0.717, 1.165) is 12.1 Å². The first kappa shape index (κ1) is 14.7. The second-order valence-corrected chi connectivity index (χ2v) is 5.28. The smallest absolute Gasteiger partial charge is 0.263 e. The molecule has 2 atom stereocenters. The molecule has 2 unspecified atom stereocenters. The second-order valence-electron chi connectivity index (χ2n) is 5.28. The number of methoxy groups -OCH3 is 1. The Balaban J connectivity index is 2.26. The molecule has 1 fully saturated rings. The first-order valence-electron chi connectivity index (χ1n) is 6.86. The molecule has 20 heavy (non-hydrogen) atoms. The normalized spacial score (nSPS) is 20.1. The van der Waals surface area contributed by atoms with Crippen molar-refractivity contribution in [3.63, 3.8) is 0 Å². The molecule has 1 heterocycles. The van der Waals surface area contributed by atoms with Crippen molar-refractivity contribution in [1.29, 1.82) is 0 Å². The Labute approximate surface area is 119 Å². The van der Waals surface area contributed by atoms with E-state index in [2.05, 4.69) is 0 Å². The quantitative estimate of drug-likeness (QED) is 0.879. The van der Waals surface area contributed by atoms with Gasteiger partial charge in [-0.3, -0.25) is 4.79 Å². The number of carbonyl (C=O) groups is 1. The van der Waals surface area contributed by atoms with Crippen molar-refractivity contribution in [1.82, 2.24) is 4.90 Å². The van der Waals surface area contributed by atoms with E-state index in [9.17, 15) is 4.79 Å². The van der Waals surface area contributed by atoms with Gasteiger partial charge in [0, 0.05) is 26.1 Å². The molecule has 0 bridgehead atoms. The van der Waals surface area contributed by atoms with Gasteiger partial charge in [-0.05, 0) is 25.0 Å². The number of benzene rings is 1. The molecular weight excluding hydrogens is 256 g/mol. The average Bonchev–Trinajstić information content (AvgIpc) is 2.72. The third-order valence-electron chi connectivity index (χ3n) is 3.46. The van der Waals surface area contributed by atoms with Gasteiger partial charge in [-0.2, -0.15) is 0 Å². The van der Waals surface area contributed by atoms with E-state index in [1.807, 2.05) is 25.1 Å². The number of carbonyl (C=O) groups excluding carboxylic acids is 1. The Kier molecular flexibility index (Phi) is 4.49. The van der Waals surface area contributed by atoms with Gasteiger partial charge in [0.05, 0.1) is 7.11 Å². The van der Waals surface area contributed by atoms with Crippen molar-refractivity contribution < 1.29 is 14.3 Å². The van der Waals surface area contributed by atoms with E-state index < -0.39 is 6.10 Å². The van der Waals surface area contributed by atoms with Gasteiger partial charge in [0.15, 0.2) is 17.6 Å². The predicted octanol–water partition coefficient (Wildman–Crippen LogP) is 1.19. The van der Waals surface area contributed by atoms with Crippen LogP contribution in [-0.4, -0.2) is 43.7 Å². The van der Waals surface area contributed by atoms with E-state index in [0.29, 0.717) is 24.3 Å². The van der Waals surface area contributed by atoms with Gasteiger partial charge in [0.1, 0.15) is 0 Å². The summed E-state index contributed by atoms with van der Waals surface area (Å²) in [6.45, 7) is 2.67. The van der Waals surface area contributed by atoms with Crippen LogP contribution in [-0.2, 0) is 11.2 Å². The highest BCUT2D eigenvalue weighted by Gasteiger charge is 2.32. The molecule has 0 radical (unpaired) electrons. The summed E-state index contributed by atoms with van der Waals surface area (Å²) in [6.07, 6.45) is 0.956. The average molecular weight is 278 g/mol. The summed E-state index contributed by atoms with van der Waals surface area (Å²) < 4.78 is 11.3. The highest BCUT2D eigenvalue weighted by molar-refractivity contribution is 5.83. The molecule has 1 saturated heterocycles. The maximum Gasteiger partial charge on any atom is 0.263 e. The van der Waals surface area contributed by atoms with Crippen molar-refractivity contribution in [3.05, 3.63) is 23.8 Å². The molecule has 0 aliphatic carbocycles. The number of likely N-dealkylation sites (N-methyl/N-ethyl adjacent to an activating group) is 1. The van der Waals surface area contributed by atoms with Crippen LogP contribution in [0.1, 0.15) is 18.9 Å². The lowest BCUT2D eigenvalue weighted by Gasteiger charge is -2.19. The van der Waals surface area contributed by atoms with Crippen molar-refractivity contribution in [2.24, 2.45) is 5.73 Å². The number of hydrogen-bond donors (Lipinski definition) is 1. The van der Waals surface area contributed by atoms with Crippen molar-refractivity contribution >= 4 is 5.91 Å². The monoisotopic (exact) mass is 278 g/mol. The molecule has 110 valence electrons. The summed E-state index contributed by atoms with van der Waals surface area (Å²) in [5, 5.41) is 0. The highest BCUT2D eigenvalue weighted by atomic mass is 16.5. The van der Waals surface area contributed by atoms with Gasteiger partial charge in [-0.1, -0.05) is 12.1 Å². The summed E-state index contributed by atoms with van der Waals surface area (Å²) in [5.41, 5.74) is 6.84. The lowest BCUT2D eigenvalue weighted by Crippen LogP contribution is -2.30. The Hall–Kier alpha value is -1.75. The molecule has 1 aliphatic rings. The molecule has 0 spiro atoms. The van der Waals surface area contributed by atoms with Gasteiger partial charge < -0.3 is 20.1 Å². The second kappa shape index (κ2) is 6.13. The number of ether oxygens (including phenoxy) is 2. The number of amides is 1. The van der Waals surface area contributed by atoms with Crippen LogP contribution in [0.25, 0.3) is 0 Å². The molecule has 5 heteroatoms. The molecule has 5 nitrogen and oxygen atoms in total. The highest BCUT2D eigenvalue weighted by Crippen LogP contribution is 2.34. The number of nitrogens with zero attached hydrogens (tertiary/aromatic N) is 1. The number of likely N-dealkylation sites (tertiary alicyclic amines) is 1. The largest absolute Gasteiger partial charge is 0.493 e. The van der Waals surface area contributed by atoms with Gasteiger partial charge in [0.2, 0.25) is 0 Å². The molecule has 1 amide bonds. The van der Waals surface area contributed by atoms with Crippen LogP contribution in [0.4, 0.5) is 0 Å². The van der Waals surface area contributed by atoms with E-state index in [4.69, 9.17) is 15.2 Å². The summed E-state index contributed by atoms with van der Waals surface area (Å²) in [7, 11) is 3.39. The zero-order valence-corrected chi connectivity index (χ0v) is 12.3. The topological polar surface area (TPSA) is 64.8 Å². The molecule has 2 rings (SSSR count). The fourth-order valence-electron chi connectivity index (χ4n) is 2.41. The predicted molar refractivity (Wildman–Crippen MR) is 77.0 cm³/mol. The van der Waals surface area contributed by atoms with Crippen molar-refractivity contribution in [2.75, 3.05) is 20.7 Å². The van der Waals surface area contributed by atoms with Crippen LogP contribution in [0.15, 0.2) is 18.2 Å². The van der Waals surface area contributed by atoms with E-state index in [1.54, 1.807) is 19.1 Å². The Morgan fingerprint density at radius 3 is 2.80 bits per heavy atom. The number of hydrogen-bond acceptors (Lipinski definition) is 4. The maximum atomic E-state index is 12.0. The Morgan fingerprint density at radius 2 is 2.25 bits per heavy atom. The Morgan fingerprint density at radius 1 is 1.50 bits per heavy atom. The zero-order chi connectivity index (χ0) is 14.7. The number of nitrogens with two attached hydrogens (primary N) is 1. The van der Waals surface area contributed by atoms with Crippen LogP contribution in [0.2, 0.25) is 0 Å². The maximum absolute atomic E-state index is 12.0. The molecule has 1 aromatic carbocycles. The molecule has 1 aromatic rings. The summed E-state index contributed by atoms with van der Waals surface area (Å²) >= 11 is 0. The van der Waals surface area contributed by atoms with Crippen LogP contribution in [0.3, 0.4) is 0 Å². The van der Waals surface area contributed by atoms with E-state index in [1.165, 1.54) is 0 Å². The SMILES string of the molecule is COc1cccc(CC(C)N)c1OC1CCN(C)C1=O. The fourth-order valence-corrected chi connectivity index (χ4v) is 2.41. The first-order valence-corrected chi connectivity index (χ1v) is 6.86. The first-order chi connectivity index (χ1) is 9.52. The van der Waals surface area contributed by atoms with Gasteiger partial charge in [0.25, 0.3) is 5.91 Å². The minimum absolute atomic E-state index is 0.0163. The third-order valence-corrected chi connectivity index (χ3v) is 3.46. The molecule has 1 aliphatic heterocycles. The zero-order valence-electron chi connectivity index (χ0n) is 12.3. The van der Waals surface area contributed by atoms with Gasteiger partial charge >= 0.3 is 0 Å². The van der Waals surface area contributed by atoms with E-state index in [-0.39, 0.29) is 11.9 Å². The summed E-state index contributed by atoms with van der Waals surface area (Å²) in [5.74, 6) is 1.30. The lowest BCUT2D eigenvalue weighted by molar-refractivity contribution is -0.132. The van der Waals surface area contributed by atoms with Crippen molar-refractivity contribution in [3.8, 4) is 11.5 Å². The van der Waals surface area contributed by atoms with Crippen molar-refractivity contribution in [2.45, 2.75) is 31.9 Å². The molecule has 2 N–H and O–H groups in total. The van der Waals surface area contributed by atoms with E-state index >= 15 is 0 Å². The van der Waals surface area contributed by atoms with Crippen LogP contribution in [0, 0.1) is 0 Å². The van der Waals surface area contributed by atoms with Crippen LogP contribution >= 0.6 is 0 Å².